The van der Waals surface area contributed by atoms with Crippen molar-refractivity contribution in [1.29, 1.82) is 5.26 Å². The van der Waals surface area contributed by atoms with Crippen molar-refractivity contribution in [2.24, 2.45) is 5.10 Å². The summed E-state index contributed by atoms with van der Waals surface area (Å²) in [6.45, 7) is 1.80. The van der Waals surface area contributed by atoms with Gasteiger partial charge in [0.2, 0.25) is 0 Å². The predicted octanol–water partition coefficient (Wildman–Crippen LogP) is 4.22. The van der Waals surface area contributed by atoms with Crippen LogP contribution in [0.15, 0.2) is 76.4 Å². The molecule has 3 aromatic rings. The molecule has 0 spiro atoms. The van der Waals surface area contributed by atoms with Gasteiger partial charge < -0.3 is 9.15 Å². The number of benzene rings is 2. The standard InChI is InChI=1S/C23H19N3O3/c1-16-8-10-17(11-9-16)19-13-20(22-7-4-12-28-22)26(25-19)23(27)15-29-21-6-3-2-5-18(21)14-24/h2-12,20H,13,15H2,1H3. The molecule has 2 heterocycles. The van der Waals surface area contributed by atoms with Gasteiger partial charge in [-0.1, -0.05) is 42.0 Å². The van der Waals surface area contributed by atoms with Crippen molar-refractivity contribution in [3.63, 3.8) is 0 Å². The molecule has 0 saturated carbocycles. The van der Waals surface area contributed by atoms with Crippen LogP contribution >= 0.6 is 0 Å². The van der Waals surface area contributed by atoms with E-state index in [0.29, 0.717) is 23.5 Å². The molecule has 0 radical (unpaired) electrons. The predicted molar refractivity (Wildman–Crippen MR) is 107 cm³/mol. The molecule has 1 aromatic heterocycles. The summed E-state index contributed by atoms with van der Waals surface area (Å²) < 4.78 is 11.2. The molecule has 4 rings (SSSR count). The molecule has 1 aliphatic heterocycles. The molecule has 1 amide bonds. The van der Waals surface area contributed by atoms with Crippen molar-refractivity contribution in [3.05, 3.63) is 89.4 Å². The normalized spacial score (nSPS) is 15.7. The number of carbonyl (C=O) groups is 1. The highest BCUT2D eigenvalue weighted by molar-refractivity contribution is 6.03. The van der Waals surface area contributed by atoms with Gasteiger partial charge in [0, 0.05) is 6.42 Å². The van der Waals surface area contributed by atoms with Gasteiger partial charge in [-0.05, 0) is 36.8 Å². The van der Waals surface area contributed by atoms with Crippen molar-refractivity contribution >= 4 is 11.6 Å². The Morgan fingerprint density at radius 1 is 1.21 bits per heavy atom. The molecule has 0 fully saturated rings. The first-order chi connectivity index (χ1) is 14.2. The minimum absolute atomic E-state index is 0.222. The molecule has 0 bridgehead atoms. The zero-order valence-corrected chi connectivity index (χ0v) is 15.9. The Balaban J connectivity index is 1.56. The minimum atomic E-state index is -0.330. The fourth-order valence-corrected chi connectivity index (χ4v) is 3.25. The first-order valence-electron chi connectivity index (χ1n) is 9.27. The number of rotatable bonds is 5. The summed E-state index contributed by atoms with van der Waals surface area (Å²) in [6, 6.07) is 20.2. The third kappa shape index (κ3) is 3.90. The number of hydrogen-bond donors (Lipinski definition) is 0. The second-order valence-electron chi connectivity index (χ2n) is 6.78. The van der Waals surface area contributed by atoms with Crippen LogP contribution in [0.3, 0.4) is 0 Å². The van der Waals surface area contributed by atoms with E-state index in [1.807, 2.05) is 37.3 Å². The Labute approximate surface area is 168 Å². The second kappa shape index (κ2) is 8.03. The Hall–Kier alpha value is -3.85. The SMILES string of the molecule is Cc1ccc(C2=NN(C(=O)COc3ccccc3C#N)C(c3ccco3)C2)cc1. The largest absolute Gasteiger partial charge is 0.482 e. The summed E-state index contributed by atoms with van der Waals surface area (Å²) in [4.78, 5) is 12.9. The lowest BCUT2D eigenvalue weighted by Gasteiger charge is -2.20. The van der Waals surface area contributed by atoms with Crippen molar-refractivity contribution in [2.75, 3.05) is 6.61 Å². The van der Waals surface area contributed by atoms with Crippen LogP contribution in [0.1, 0.15) is 34.9 Å². The molecule has 6 nitrogen and oxygen atoms in total. The van der Waals surface area contributed by atoms with Gasteiger partial charge in [-0.25, -0.2) is 5.01 Å². The number of carbonyl (C=O) groups excluding carboxylic acids is 1. The maximum Gasteiger partial charge on any atom is 0.281 e. The Bertz CT molecular complexity index is 1080. The summed E-state index contributed by atoms with van der Waals surface area (Å²) in [5.74, 6) is 0.739. The number of hydrogen-bond acceptors (Lipinski definition) is 5. The van der Waals surface area contributed by atoms with E-state index in [4.69, 9.17) is 9.15 Å². The molecular weight excluding hydrogens is 366 g/mol. The van der Waals surface area contributed by atoms with Gasteiger partial charge in [-0.15, -0.1) is 0 Å². The van der Waals surface area contributed by atoms with Crippen molar-refractivity contribution in [1.82, 2.24) is 5.01 Å². The van der Waals surface area contributed by atoms with Crippen LogP contribution in [0.5, 0.6) is 5.75 Å². The molecule has 6 heteroatoms. The average molecular weight is 385 g/mol. The van der Waals surface area contributed by atoms with Crippen LogP contribution in [0.25, 0.3) is 0 Å². The number of nitrogens with zero attached hydrogens (tertiary/aromatic N) is 3. The summed E-state index contributed by atoms with van der Waals surface area (Å²) in [5.41, 5.74) is 3.33. The third-order valence-corrected chi connectivity index (χ3v) is 4.78. The smallest absolute Gasteiger partial charge is 0.281 e. The van der Waals surface area contributed by atoms with E-state index in [-0.39, 0.29) is 18.6 Å². The van der Waals surface area contributed by atoms with E-state index in [2.05, 4.69) is 11.2 Å². The van der Waals surface area contributed by atoms with Gasteiger partial charge in [-0.2, -0.15) is 10.4 Å². The molecule has 0 N–H and O–H groups in total. The highest BCUT2D eigenvalue weighted by atomic mass is 16.5. The molecule has 1 atom stereocenters. The van der Waals surface area contributed by atoms with Gasteiger partial charge in [0.25, 0.3) is 5.91 Å². The first-order valence-corrected chi connectivity index (χ1v) is 9.27. The third-order valence-electron chi connectivity index (χ3n) is 4.78. The summed E-state index contributed by atoms with van der Waals surface area (Å²) in [6.07, 6.45) is 2.14. The maximum atomic E-state index is 12.9. The number of aryl methyl sites for hydroxylation is 1. The quantitative estimate of drug-likeness (QED) is 0.659. The van der Waals surface area contributed by atoms with Crippen molar-refractivity contribution in [3.8, 4) is 11.8 Å². The molecule has 29 heavy (non-hydrogen) atoms. The van der Waals surface area contributed by atoms with Crippen LogP contribution in [0.2, 0.25) is 0 Å². The summed E-state index contributed by atoms with van der Waals surface area (Å²) in [5, 5.41) is 15.2. The molecular formula is C23H19N3O3. The van der Waals surface area contributed by atoms with E-state index >= 15 is 0 Å². The van der Waals surface area contributed by atoms with Gasteiger partial charge in [0.05, 0.1) is 17.5 Å². The summed E-state index contributed by atoms with van der Waals surface area (Å²) >= 11 is 0. The van der Waals surface area contributed by atoms with E-state index in [1.54, 1.807) is 36.6 Å². The van der Waals surface area contributed by atoms with E-state index in [9.17, 15) is 10.1 Å². The van der Waals surface area contributed by atoms with Crippen LogP contribution in [-0.4, -0.2) is 23.2 Å². The molecule has 1 aliphatic rings. The zero-order chi connectivity index (χ0) is 20.2. The van der Waals surface area contributed by atoms with Gasteiger partial charge in [0.15, 0.2) is 6.61 Å². The fourth-order valence-electron chi connectivity index (χ4n) is 3.25. The van der Waals surface area contributed by atoms with Crippen molar-refractivity contribution < 1.29 is 13.9 Å². The number of hydrazone groups is 1. The maximum absolute atomic E-state index is 12.9. The van der Waals surface area contributed by atoms with Gasteiger partial charge in [0.1, 0.15) is 23.6 Å². The Morgan fingerprint density at radius 2 is 2.00 bits per heavy atom. The molecule has 0 saturated heterocycles. The molecule has 0 aliphatic carbocycles. The highest BCUT2D eigenvalue weighted by Crippen LogP contribution is 2.33. The minimum Gasteiger partial charge on any atom is -0.482 e. The van der Waals surface area contributed by atoms with E-state index in [0.717, 1.165) is 16.8 Å². The Kier molecular flexibility index (Phi) is 5.12. The monoisotopic (exact) mass is 385 g/mol. The molecule has 1 unspecified atom stereocenters. The van der Waals surface area contributed by atoms with Crippen LogP contribution in [0, 0.1) is 18.3 Å². The fraction of sp³-hybridized carbons (Fsp3) is 0.174. The molecule has 144 valence electrons. The zero-order valence-electron chi connectivity index (χ0n) is 15.9. The van der Waals surface area contributed by atoms with E-state index in [1.165, 1.54) is 5.01 Å². The number of para-hydroxylation sites is 1. The topological polar surface area (TPSA) is 78.8 Å². The first kappa shape index (κ1) is 18.5. The average Bonchev–Trinajstić information content (AvgIpc) is 3.42. The van der Waals surface area contributed by atoms with Crippen LogP contribution in [-0.2, 0) is 4.79 Å². The lowest BCUT2D eigenvalue weighted by Crippen LogP contribution is -2.31. The van der Waals surface area contributed by atoms with Gasteiger partial charge >= 0.3 is 0 Å². The van der Waals surface area contributed by atoms with Gasteiger partial charge in [-0.3, -0.25) is 4.79 Å². The molecule has 2 aromatic carbocycles. The lowest BCUT2D eigenvalue weighted by atomic mass is 10.0. The van der Waals surface area contributed by atoms with Crippen LogP contribution < -0.4 is 4.74 Å². The lowest BCUT2D eigenvalue weighted by molar-refractivity contribution is -0.135. The van der Waals surface area contributed by atoms with E-state index < -0.39 is 0 Å². The van der Waals surface area contributed by atoms with Crippen molar-refractivity contribution in [2.45, 2.75) is 19.4 Å². The number of nitriles is 1. The number of ether oxygens (including phenoxy) is 1. The van der Waals surface area contributed by atoms with Crippen LogP contribution in [0.4, 0.5) is 0 Å². The number of amides is 1. The second-order valence-corrected chi connectivity index (χ2v) is 6.78. The summed E-state index contributed by atoms with van der Waals surface area (Å²) in [7, 11) is 0. The Morgan fingerprint density at radius 3 is 2.72 bits per heavy atom. The number of furan rings is 1. The highest BCUT2D eigenvalue weighted by Gasteiger charge is 2.35.